The van der Waals surface area contributed by atoms with Crippen LogP contribution in [0.25, 0.3) is 21.5 Å². The van der Waals surface area contributed by atoms with Gasteiger partial charge in [0.15, 0.2) is 5.78 Å². The average molecular weight is 380 g/mol. The predicted octanol–water partition coefficient (Wildman–Crippen LogP) is 6.64. The summed E-state index contributed by atoms with van der Waals surface area (Å²) in [4.78, 5) is 12.1. The fourth-order valence-corrected chi connectivity index (χ4v) is 3.87. The van der Waals surface area contributed by atoms with E-state index < -0.39 is 6.10 Å². The van der Waals surface area contributed by atoms with Crippen molar-refractivity contribution in [1.29, 1.82) is 0 Å². The number of benzene rings is 4. The minimum atomic E-state index is -0.538. The molecule has 0 bridgehead atoms. The molecule has 0 fully saturated rings. The van der Waals surface area contributed by atoms with Crippen molar-refractivity contribution < 1.29 is 9.90 Å². The first kappa shape index (κ1) is 19.1. The van der Waals surface area contributed by atoms with E-state index in [1.165, 1.54) is 0 Å². The zero-order valence-electron chi connectivity index (χ0n) is 16.3. The van der Waals surface area contributed by atoms with Crippen molar-refractivity contribution in [2.75, 3.05) is 0 Å². The van der Waals surface area contributed by atoms with Crippen molar-refractivity contribution in [2.45, 2.75) is 25.4 Å². The molecule has 0 aromatic heterocycles. The second-order valence-corrected chi connectivity index (χ2v) is 7.31. The molecule has 0 saturated carbocycles. The molecular weight excluding hydrogens is 356 g/mol. The molecule has 0 spiro atoms. The number of carbonyl (C=O) groups is 1. The van der Waals surface area contributed by atoms with Gasteiger partial charge >= 0.3 is 0 Å². The van der Waals surface area contributed by atoms with E-state index >= 15 is 0 Å². The quantitative estimate of drug-likeness (QED) is 0.169. The number of unbranched alkanes of at least 4 members (excludes halogenated alkanes) is 1. The number of carbonyl (C=O) groups excluding carboxylic acids is 1. The van der Waals surface area contributed by atoms with Crippen LogP contribution < -0.4 is 0 Å². The van der Waals surface area contributed by atoms with Crippen LogP contribution >= 0.6 is 0 Å². The van der Waals surface area contributed by atoms with E-state index in [1.54, 1.807) is 6.08 Å². The maximum atomic E-state index is 12.1. The number of aliphatic hydroxyl groups excluding tert-OH is 1. The van der Waals surface area contributed by atoms with Crippen LogP contribution in [0.4, 0.5) is 0 Å². The van der Waals surface area contributed by atoms with Crippen LogP contribution in [0.1, 0.15) is 41.3 Å². The molecule has 4 rings (SSSR count). The summed E-state index contributed by atoms with van der Waals surface area (Å²) in [6, 6.07) is 27.9. The van der Waals surface area contributed by atoms with Gasteiger partial charge in [0.05, 0.1) is 6.10 Å². The minimum absolute atomic E-state index is 0.0196. The summed E-state index contributed by atoms with van der Waals surface area (Å²) in [5, 5.41) is 15.5. The van der Waals surface area contributed by atoms with Gasteiger partial charge in [-0.05, 0) is 58.5 Å². The van der Waals surface area contributed by atoms with E-state index in [4.69, 9.17) is 0 Å². The molecule has 144 valence electrons. The molecule has 1 atom stereocenters. The molecule has 1 unspecified atom stereocenters. The number of rotatable bonds is 7. The number of ketones is 1. The lowest BCUT2D eigenvalue weighted by Gasteiger charge is -2.17. The van der Waals surface area contributed by atoms with Gasteiger partial charge in [-0.15, -0.1) is 0 Å². The Hall–Kier alpha value is -3.23. The Morgan fingerprint density at radius 3 is 2.07 bits per heavy atom. The number of hydrogen-bond acceptors (Lipinski definition) is 2. The number of fused-ring (bicyclic) bond motifs is 2. The third-order valence-corrected chi connectivity index (χ3v) is 5.32. The Bertz CT molecular complexity index is 1100. The van der Waals surface area contributed by atoms with E-state index in [9.17, 15) is 9.90 Å². The summed E-state index contributed by atoms with van der Waals surface area (Å²) in [5.74, 6) is 0.0196. The molecule has 0 radical (unpaired) electrons. The van der Waals surface area contributed by atoms with Gasteiger partial charge in [0.1, 0.15) is 0 Å². The lowest BCUT2D eigenvalue weighted by atomic mass is 9.91. The average Bonchev–Trinajstić information content (AvgIpc) is 2.77. The molecule has 0 saturated heterocycles. The molecule has 4 aromatic rings. The van der Waals surface area contributed by atoms with E-state index in [2.05, 4.69) is 30.3 Å². The maximum Gasteiger partial charge on any atom is 0.185 e. The molecule has 0 amide bonds. The molecule has 1 N–H and O–H groups in total. The Labute approximate surface area is 171 Å². The number of hydrogen-bond donors (Lipinski definition) is 1. The summed E-state index contributed by atoms with van der Waals surface area (Å²) < 4.78 is 0. The van der Waals surface area contributed by atoms with Gasteiger partial charge in [-0.25, -0.2) is 0 Å². The van der Waals surface area contributed by atoms with Gasteiger partial charge in [0.2, 0.25) is 0 Å². The lowest BCUT2D eigenvalue weighted by Crippen LogP contribution is -2.00. The topological polar surface area (TPSA) is 37.3 Å². The van der Waals surface area contributed by atoms with Crippen molar-refractivity contribution in [3.63, 3.8) is 0 Å². The zero-order chi connectivity index (χ0) is 20.1. The Morgan fingerprint density at radius 1 is 0.828 bits per heavy atom. The van der Waals surface area contributed by atoms with Crippen LogP contribution in [0, 0.1) is 0 Å². The molecule has 0 aliphatic rings. The van der Waals surface area contributed by atoms with Crippen molar-refractivity contribution >= 4 is 27.3 Å². The number of allylic oxidation sites excluding steroid dienone is 2. The largest absolute Gasteiger partial charge is 0.388 e. The highest BCUT2D eigenvalue weighted by Gasteiger charge is 2.15. The first-order valence-electron chi connectivity index (χ1n) is 10.1. The van der Waals surface area contributed by atoms with Crippen LogP contribution in [0.5, 0.6) is 0 Å². The molecule has 2 nitrogen and oxygen atoms in total. The Kier molecular flexibility index (Phi) is 5.83. The summed E-state index contributed by atoms with van der Waals surface area (Å²) >= 11 is 0. The van der Waals surface area contributed by atoms with Crippen molar-refractivity contribution in [3.05, 3.63) is 108 Å². The first-order valence-corrected chi connectivity index (χ1v) is 10.1. The first-order chi connectivity index (χ1) is 14.2. The van der Waals surface area contributed by atoms with Crippen molar-refractivity contribution in [1.82, 2.24) is 0 Å². The monoisotopic (exact) mass is 380 g/mol. The molecule has 0 aliphatic heterocycles. The molecule has 2 heteroatoms. The van der Waals surface area contributed by atoms with Gasteiger partial charge in [0, 0.05) is 5.56 Å². The summed E-state index contributed by atoms with van der Waals surface area (Å²) in [6.07, 6.45) is 5.24. The van der Waals surface area contributed by atoms with Crippen molar-refractivity contribution in [2.24, 2.45) is 0 Å². The highest BCUT2D eigenvalue weighted by Crippen LogP contribution is 2.34. The lowest BCUT2D eigenvalue weighted by molar-refractivity contribution is 0.104. The standard InChI is InChI=1S/C27H24O2/c28-25(20-11-3-1-4-12-20)17-5-2-6-18-26(29)27-23-15-9-7-13-21(23)19-22-14-8-10-16-24(22)27/h1,3-5,7-17,19,26,29H,2,6,18H2/b17-5+. The third kappa shape index (κ3) is 4.28. The van der Waals surface area contributed by atoms with Gasteiger partial charge in [-0.1, -0.05) is 84.9 Å². The highest BCUT2D eigenvalue weighted by atomic mass is 16.3. The van der Waals surface area contributed by atoms with E-state index in [-0.39, 0.29) is 5.78 Å². The molecule has 29 heavy (non-hydrogen) atoms. The van der Waals surface area contributed by atoms with Gasteiger partial charge in [-0.3, -0.25) is 4.79 Å². The summed E-state index contributed by atoms with van der Waals surface area (Å²) in [6.45, 7) is 0. The van der Waals surface area contributed by atoms with Crippen LogP contribution in [0.2, 0.25) is 0 Å². The molecule has 0 heterocycles. The fourth-order valence-electron chi connectivity index (χ4n) is 3.87. The fraction of sp³-hybridized carbons (Fsp3) is 0.148. The smallest absolute Gasteiger partial charge is 0.185 e. The normalized spacial score (nSPS) is 12.6. The van der Waals surface area contributed by atoms with E-state index in [1.807, 2.05) is 60.7 Å². The zero-order valence-corrected chi connectivity index (χ0v) is 16.3. The maximum absolute atomic E-state index is 12.1. The minimum Gasteiger partial charge on any atom is -0.388 e. The predicted molar refractivity (Wildman–Crippen MR) is 120 cm³/mol. The Morgan fingerprint density at radius 2 is 1.41 bits per heavy atom. The van der Waals surface area contributed by atoms with Gasteiger partial charge in [0.25, 0.3) is 0 Å². The van der Waals surface area contributed by atoms with Gasteiger partial charge in [-0.2, -0.15) is 0 Å². The van der Waals surface area contributed by atoms with E-state index in [0.29, 0.717) is 12.0 Å². The molecular formula is C27H24O2. The highest BCUT2D eigenvalue weighted by molar-refractivity contribution is 6.04. The molecule has 0 aliphatic carbocycles. The summed E-state index contributed by atoms with van der Waals surface area (Å²) in [7, 11) is 0. The Balaban J connectivity index is 1.47. The van der Waals surface area contributed by atoms with Crippen LogP contribution in [-0.4, -0.2) is 10.9 Å². The van der Waals surface area contributed by atoms with Crippen LogP contribution in [0.3, 0.4) is 0 Å². The van der Waals surface area contributed by atoms with Crippen LogP contribution in [0.15, 0.2) is 97.1 Å². The SMILES string of the molecule is O=C(/C=C/CCCC(O)c1c2ccccc2cc2ccccc12)c1ccccc1. The van der Waals surface area contributed by atoms with Gasteiger partial charge < -0.3 is 5.11 Å². The summed E-state index contributed by atoms with van der Waals surface area (Å²) in [5.41, 5.74) is 1.70. The second kappa shape index (κ2) is 8.85. The number of aliphatic hydroxyl groups is 1. The third-order valence-electron chi connectivity index (χ3n) is 5.32. The van der Waals surface area contributed by atoms with E-state index in [0.717, 1.165) is 39.9 Å². The van der Waals surface area contributed by atoms with Crippen LogP contribution in [-0.2, 0) is 0 Å². The van der Waals surface area contributed by atoms with Crippen molar-refractivity contribution in [3.8, 4) is 0 Å². The molecule has 4 aromatic carbocycles. The second-order valence-electron chi connectivity index (χ2n) is 7.31.